The highest BCUT2D eigenvalue weighted by Gasteiger charge is 2.21. The monoisotopic (exact) mass is 317 g/mol. The molecule has 1 fully saturated rings. The number of hydrogen-bond acceptors (Lipinski definition) is 3. The van der Waals surface area contributed by atoms with Gasteiger partial charge < -0.3 is 9.84 Å². The molecule has 1 aliphatic rings. The van der Waals surface area contributed by atoms with Crippen LogP contribution in [0, 0.1) is 0 Å². The number of nitrogens with zero attached hydrogens (tertiary/aromatic N) is 1. The summed E-state index contributed by atoms with van der Waals surface area (Å²) in [7, 11) is 0. The Bertz CT molecular complexity index is 442. The van der Waals surface area contributed by atoms with Gasteiger partial charge in [-0.2, -0.15) is 0 Å². The summed E-state index contributed by atoms with van der Waals surface area (Å²) >= 11 is 11.9. The fraction of sp³-hybridized carbons (Fsp3) is 0.600. The molecule has 3 nitrogen and oxygen atoms in total. The number of benzene rings is 1. The van der Waals surface area contributed by atoms with Gasteiger partial charge in [0, 0.05) is 23.7 Å². The Kier molecular flexibility index (Phi) is 5.97. The van der Waals surface area contributed by atoms with Crippen molar-refractivity contribution in [2.24, 2.45) is 0 Å². The van der Waals surface area contributed by atoms with Crippen LogP contribution in [0.25, 0.3) is 0 Å². The second-order valence-electron chi connectivity index (χ2n) is 5.38. The Hall–Kier alpha value is -0.480. The van der Waals surface area contributed by atoms with Crippen molar-refractivity contribution in [1.82, 2.24) is 4.90 Å². The van der Waals surface area contributed by atoms with E-state index >= 15 is 0 Å². The van der Waals surface area contributed by atoms with Gasteiger partial charge in [-0.3, -0.25) is 4.90 Å². The van der Waals surface area contributed by atoms with Crippen LogP contribution in [0.4, 0.5) is 0 Å². The van der Waals surface area contributed by atoms with E-state index in [1.165, 1.54) is 19.3 Å². The molecule has 0 aromatic heterocycles. The average molecular weight is 318 g/mol. The smallest absolute Gasteiger partial charge is 0.139 e. The minimum Gasteiger partial charge on any atom is -0.489 e. The minimum atomic E-state index is -0.523. The first-order valence-corrected chi connectivity index (χ1v) is 7.82. The number of hydrogen-bond donors (Lipinski definition) is 1. The van der Waals surface area contributed by atoms with Crippen LogP contribution in [-0.4, -0.2) is 41.8 Å². The summed E-state index contributed by atoms with van der Waals surface area (Å²) in [6, 6.07) is 5.61. The zero-order valence-electron chi connectivity index (χ0n) is 11.7. The molecule has 0 spiro atoms. The fourth-order valence-electron chi connectivity index (χ4n) is 2.53. The molecule has 1 heterocycles. The summed E-state index contributed by atoms with van der Waals surface area (Å²) in [5.74, 6) is 0.518. The van der Waals surface area contributed by atoms with Gasteiger partial charge in [0.2, 0.25) is 0 Å². The third-order valence-electron chi connectivity index (χ3n) is 3.71. The average Bonchev–Trinajstić information content (AvgIpc) is 2.42. The standard InChI is InChI=1S/C15H21Cl2NO2/c1-11-4-2-3-7-18(11)9-13(19)10-20-15-8-12(16)5-6-14(15)17/h5-6,8,11,13,19H,2-4,7,9-10H2,1H3/t11-,13-/m1/s1. The molecule has 5 heteroatoms. The Balaban J connectivity index is 1.82. The van der Waals surface area contributed by atoms with E-state index < -0.39 is 6.10 Å². The summed E-state index contributed by atoms with van der Waals surface area (Å²) in [5, 5.41) is 11.2. The van der Waals surface area contributed by atoms with Crippen molar-refractivity contribution in [2.45, 2.75) is 38.3 Å². The number of ether oxygens (including phenoxy) is 1. The topological polar surface area (TPSA) is 32.7 Å². The zero-order chi connectivity index (χ0) is 14.5. The summed E-state index contributed by atoms with van der Waals surface area (Å²) in [5.41, 5.74) is 0. The van der Waals surface area contributed by atoms with E-state index in [9.17, 15) is 5.11 Å². The van der Waals surface area contributed by atoms with Gasteiger partial charge in [0.05, 0.1) is 5.02 Å². The van der Waals surface area contributed by atoms with Crippen molar-refractivity contribution >= 4 is 23.2 Å². The molecule has 1 aromatic rings. The zero-order valence-corrected chi connectivity index (χ0v) is 13.2. The molecule has 112 valence electrons. The van der Waals surface area contributed by atoms with E-state index in [-0.39, 0.29) is 6.61 Å². The van der Waals surface area contributed by atoms with Crippen LogP contribution >= 0.6 is 23.2 Å². The molecule has 0 bridgehead atoms. The lowest BCUT2D eigenvalue weighted by Gasteiger charge is -2.34. The molecule has 20 heavy (non-hydrogen) atoms. The lowest BCUT2D eigenvalue weighted by molar-refractivity contribution is 0.0438. The number of aliphatic hydroxyl groups excluding tert-OH is 1. The predicted molar refractivity (Wildman–Crippen MR) is 82.8 cm³/mol. The highest BCUT2D eigenvalue weighted by atomic mass is 35.5. The van der Waals surface area contributed by atoms with E-state index in [1.54, 1.807) is 18.2 Å². The number of likely N-dealkylation sites (tertiary alicyclic amines) is 1. The Labute approximate surface area is 130 Å². The lowest BCUT2D eigenvalue weighted by Crippen LogP contribution is -2.43. The van der Waals surface area contributed by atoms with E-state index in [2.05, 4.69) is 11.8 Å². The van der Waals surface area contributed by atoms with Gasteiger partial charge in [0.25, 0.3) is 0 Å². The van der Waals surface area contributed by atoms with Crippen LogP contribution in [-0.2, 0) is 0 Å². The highest BCUT2D eigenvalue weighted by molar-refractivity contribution is 6.34. The van der Waals surface area contributed by atoms with E-state index in [0.29, 0.717) is 28.4 Å². The Morgan fingerprint density at radius 2 is 2.20 bits per heavy atom. The molecule has 2 rings (SSSR count). The van der Waals surface area contributed by atoms with Gasteiger partial charge in [0.15, 0.2) is 0 Å². The first kappa shape index (κ1) is 15.9. The first-order chi connectivity index (χ1) is 9.56. The van der Waals surface area contributed by atoms with E-state index in [1.807, 2.05) is 0 Å². The fourth-order valence-corrected chi connectivity index (χ4v) is 2.86. The molecule has 1 aliphatic heterocycles. The maximum absolute atomic E-state index is 10.1. The lowest BCUT2D eigenvalue weighted by atomic mass is 10.0. The van der Waals surface area contributed by atoms with Crippen LogP contribution in [0.1, 0.15) is 26.2 Å². The maximum Gasteiger partial charge on any atom is 0.139 e. The van der Waals surface area contributed by atoms with Crippen molar-refractivity contribution in [1.29, 1.82) is 0 Å². The minimum absolute atomic E-state index is 0.225. The Morgan fingerprint density at radius 3 is 2.95 bits per heavy atom. The SMILES string of the molecule is C[C@@H]1CCCCN1C[C@@H](O)COc1cc(Cl)ccc1Cl. The molecular formula is C15H21Cl2NO2. The van der Waals surface area contributed by atoms with Gasteiger partial charge in [-0.05, 0) is 38.4 Å². The van der Waals surface area contributed by atoms with Crippen LogP contribution in [0.3, 0.4) is 0 Å². The van der Waals surface area contributed by atoms with Crippen LogP contribution in [0.2, 0.25) is 10.0 Å². The molecule has 0 aliphatic carbocycles. The number of aliphatic hydroxyl groups is 1. The number of β-amino-alcohol motifs (C(OH)–C–C–N with tert-alkyl or cyclic N) is 1. The van der Waals surface area contributed by atoms with Crippen LogP contribution in [0.5, 0.6) is 5.75 Å². The van der Waals surface area contributed by atoms with Gasteiger partial charge >= 0.3 is 0 Å². The normalized spacial score (nSPS) is 21.7. The van der Waals surface area contributed by atoms with Crippen molar-refractivity contribution in [2.75, 3.05) is 19.7 Å². The van der Waals surface area contributed by atoms with Crippen molar-refractivity contribution in [3.8, 4) is 5.75 Å². The summed E-state index contributed by atoms with van der Waals surface area (Å²) < 4.78 is 5.56. The molecule has 0 amide bonds. The van der Waals surface area contributed by atoms with Crippen LogP contribution < -0.4 is 4.74 Å². The molecule has 1 N–H and O–H groups in total. The van der Waals surface area contributed by atoms with Crippen molar-refractivity contribution in [3.63, 3.8) is 0 Å². The van der Waals surface area contributed by atoms with Gasteiger partial charge in [-0.25, -0.2) is 0 Å². The highest BCUT2D eigenvalue weighted by Crippen LogP contribution is 2.27. The first-order valence-electron chi connectivity index (χ1n) is 7.06. The number of rotatable bonds is 5. The molecule has 1 saturated heterocycles. The van der Waals surface area contributed by atoms with Gasteiger partial charge in [-0.1, -0.05) is 29.6 Å². The van der Waals surface area contributed by atoms with E-state index in [0.717, 1.165) is 6.54 Å². The van der Waals surface area contributed by atoms with Crippen LogP contribution in [0.15, 0.2) is 18.2 Å². The molecule has 1 aromatic carbocycles. The summed E-state index contributed by atoms with van der Waals surface area (Å²) in [4.78, 5) is 2.32. The van der Waals surface area contributed by atoms with Gasteiger partial charge in [0.1, 0.15) is 18.5 Å². The second-order valence-corrected chi connectivity index (χ2v) is 6.22. The summed E-state index contributed by atoms with van der Waals surface area (Å²) in [6.07, 6.45) is 3.17. The molecule has 0 saturated carbocycles. The van der Waals surface area contributed by atoms with Crippen molar-refractivity contribution in [3.05, 3.63) is 28.2 Å². The quantitative estimate of drug-likeness (QED) is 0.900. The Morgan fingerprint density at radius 1 is 1.40 bits per heavy atom. The number of piperidine rings is 1. The molecule has 0 unspecified atom stereocenters. The summed E-state index contributed by atoms with van der Waals surface area (Å²) in [6.45, 7) is 4.12. The molecule has 2 atom stereocenters. The molecule has 0 radical (unpaired) electrons. The maximum atomic E-state index is 10.1. The largest absolute Gasteiger partial charge is 0.489 e. The van der Waals surface area contributed by atoms with E-state index in [4.69, 9.17) is 27.9 Å². The third kappa shape index (κ3) is 4.52. The third-order valence-corrected chi connectivity index (χ3v) is 4.26. The number of halogens is 2. The molecular weight excluding hydrogens is 297 g/mol. The van der Waals surface area contributed by atoms with Gasteiger partial charge in [-0.15, -0.1) is 0 Å². The predicted octanol–water partition coefficient (Wildman–Crippen LogP) is 3.61. The second kappa shape index (κ2) is 7.51. The van der Waals surface area contributed by atoms with Crippen molar-refractivity contribution < 1.29 is 9.84 Å².